The molecule has 0 unspecified atom stereocenters. The van der Waals surface area contributed by atoms with Gasteiger partial charge in [0.2, 0.25) is 11.8 Å². The molecule has 0 aliphatic heterocycles. The zero-order valence-corrected chi connectivity index (χ0v) is 26.7. The number of carbonyl (C=O) groups excluding carboxylic acids is 2. The van der Waals surface area contributed by atoms with Crippen molar-refractivity contribution in [3.63, 3.8) is 0 Å². The van der Waals surface area contributed by atoms with Crippen molar-refractivity contribution in [2.45, 2.75) is 62.0 Å². The number of nitrogens with one attached hydrogen (secondary N) is 1. The van der Waals surface area contributed by atoms with Crippen LogP contribution in [-0.4, -0.2) is 43.8 Å². The van der Waals surface area contributed by atoms with Gasteiger partial charge in [-0.05, 0) is 54.3 Å². The van der Waals surface area contributed by atoms with Crippen LogP contribution in [0.1, 0.15) is 43.2 Å². The van der Waals surface area contributed by atoms with Gasteiger partial charge in [0.1, 0.15) is 12.6 Å². The second-order valence-corrected chi connectivity index (χ2v) is 13.7. The Morgan fingerprint density at radius 1 is 0.778 bits per heavy atom. The van der Waals surface area contributed by atoms with Crippen LogP contribution in [0.2, 0.25) is 5.02 Å². The molecule has 9 heteroatoms. The Kier molecular flexibility index (Phi) is 10.9. The Hall–Kier alpha value is -4.14. The highest BCUT2D eigenvalue weighted by molar-refractivity contribution is 7.92. The van der Waals surface area contributed by atoms with E-state index in [1.807, 2.05) is 60.7 Å². The van der Waals surface area contributed by atoms with Crippen LogP contribution in [0.4, 0.5) is 5.69 Å². The van der Waals surface area contributed by atoms with Crippen molar-refractivity contribution in [1.29, 1.82) is 0 Å². The van der Waals surface area contributed by atoms with Crippen molar-refractivity contribution < 1.29 is 18.0 Å². The Morgan fingerprint density at radius 2 is 1.38 bits per heavy atom. The van der Waals surface area contributed by atoms with Gasteiger partial charge in [-0.25, -0.2) is 8.42 Å². The predicted molar refractivity (Wildman–Crippen MR) is 178 cm³/mol. The molecule has 0 saturated heterocycles. The molecule has 0 aromatic heterocycles. The van der Waals surface area contributed by atoms with Crippen LogP contribution in [0.5, 0.6) is 0 Å². The maximum Gasteiger partial charge on any atom is 0.264 e. The zero-order chi connectivity index (χ0) is 31.6. The molecule has 1 aliphatic carbocycles. The van der Waals surface area contributed by atoms with Crippen LogP contribution in [0, 0.1) is 0 Å². The van der Waals surface area contributed by atoms with E-state index in [4.69, 9.17) is 11.6 Å². The number of amides is 2. The standard InChI is InChI=1S/C36H38ClN3O4S/c37-30-18-13-21-32(25-30)40(45(43,44)33-22-11-4-12-23-33)27-35(41)39(26-29-16-7-2-8-17-29)34(24-28-14-5-1-6-15-28)36(42)38-31-19-9-3-10-20-31/h1-2,4-8,11-18,21-23,25,31,34H,3,9-10,19-20,24,26-27H2,(H,38,42)/t34-/m1/s1. The molecule has 1 N–H and O–H groups in total. The number of hydrogen-bond acceptors (Lipinski definition) is 4. The van der Waals surface area contributed by atoms with Crippen LogP contribution >= 0.6 is 11.6 Å². The van der Waals surface area contributed by atoms with E-state index < -0.39 is 28.5 Å². The van der Waals surface area contributed by atoms with Crippen molar-refractivity contribution >= 4 is 39.1 Å². The molecule has 1 saturated carbocycles. The minimum absolute atomic E-state index is 0.0413. The van der Waals surface area contributed by atoms with Gasteiger partial charge in [-0.1, -0.05) is 116 Å². The maximum absolute atomic E-state index is 14.5. The average Bonchev–Trinajstić information content (AvgIpc) is 3.07. The van der Waals surface area contributed by atoms with Crippen LogP contribution in [0.25, 0.3) is 0 Å². The lowest BCUT2D eigenvalue weighted by Gasteiger charge is -2.35. The molecule has 0 bridgehead atoms. The third kappa shape index (κ3) is 8.53. The van der Waals surface area contributed by atoms with Crippen LogP contribution in [0.15, 0.2) is 120 Å². The van der Waals surface area contributed by atoms with Gasteiger partial charge in [0, 0.05) is 24.0 Å². The summed E-state index contributed by atoms with van der Waals surface area (Å²) < 4.78 is 29.2. The molecule has 1 atom stereocenters. The Bertz CT molecular complexity index is 1660. The molecule has 7 nitrogen and oxygen atoms in total. The first-order valence-corrected chi connectivity index (χ1v) is 17.1. The minimum atomic E-state index is -4.17. The fraction of sp³-hybridized carbons (Fsp3) is 0.278. The second-order valence-electron chi connectivity index (χ2n) is 11.4. The number of carbonyl (C=O) groups is 2. The average molecular weight is 644 g/mol. The number of hydrogen-bond donors (Lipinski definition) is 1. The lowest BCUT2D eigenvalue weighted by molar-refractivity contribution is -0.140. The van der Waals surface area contributed by atoms with Gasteiger partial charge in [0.25, 0.3) is 10.0 Å². The second kappa shape index (κ2) is 15.2. The summed E-state index contributed by atoms with van der Waals surface area (Å²) in [5, 5.41) is 3.56. The quantitative estimate of drug-likeness (QED) is 0.188. The van der Waals surface area contributed by atoms with Crippen LogP contribution in [-0.2, 0) is 32.6 Å². The summed E-state index contributed by atoms with van der Waals surface area (Å²) in [6.45, 7) is -0.392. The molecular weight excluding hydrogens is 606 g/mol. The molecule has 0 heterocycles. The predicted octanol–water partition coefficient (Wildman–Crippen LogP) is 6.62. The summed E-state index contributed by atoms with van der Waals surface area (Å²) in [6, 6.07) is 32.6. The van der Waals surface area contributed by atoms with E-state index in [2.05, 4.69) is 5.32 Å². The van der Waals surface area contributed by atoms with Crippen molar-refractivity contribution in [2.24, 2.45) is 0 Å². The number of nitrogens with zero attached hydrogens (tertiary/aromatic N) is 2. The number of sulfonamides is 1. The lowest BCUT2D eigenvalue weighted by atomic mass is 9.94. The fourth-order valence-corrected chi connectivity index (χ4v) is 7.37. The molecule has 0 spiro atoms. The van der Waals surface area contributed by atoms with Gasteiger partial charge >= 0.3 is 0 Å². The van der Waals surface area contributed by atoms with Gasteiger partial charge < -0.3 is 10.2 Å². The summed E-state index contributed by atoms with van der Waals surface area (Å²) in [4.78, 5) is 30.2. The van der Waals surface area contributed by atoms with Crippen molar-refractivity contribution in [1.82, 2.24) is 10.2 Å². The molecule has 45 heavy (non-hydrogen) atoms. The third-order valence-corrected chi connectivity index (χ3v) is 10.1. The van der Waals surface area contributed by atoms with E-state index in [0.29, 0.717) is 5.02 Å². The van der Waals surface area contributed by atoms with Crippen molar-refractivity contribution in [3.05, 3.63) is 131 Å². The third-order valence-electron chi connectivity index (χ3n) is 8.12. The van der Waals surface area contributed by atoms with E-state index in [-0.39, 0.29) is 35.5 Å². The van der Waals surface area contributed by atoms with E-state index in [1.54, 1.807) is 36.4 Å². The summed E-state index contributed by atoms with van der Waals surface area (Å²) in [5.41, 5.74) is 1.98. The van der Waals surface area contributed by atoms with E-state index in [0.717, 1.165) is 47.5 Å². The number of anilines is 1. The first-order valence-electron chi connectivity index (χ1n) is 15.3. The highest BCUT2D eigenvalue weighted by Gasteiger charge is 2.35. The summed E-state index contributed by atoms with van der Waals surface area (Å²) in [7, 11) is -4.17. The Labute approximate surface area is 270 Å². The topological polar surface area (TPSA) is 86.8 Å². The first kappa shape index (κ1) is 32.3. The number of rotatable bonds is 12. The van der Waals surface area contributed by atoms with Crippen LogP contribution < -0.4 is 9.62 Å². The Morgan fingerprint density at radius 3 is 2.00 bits per heavy atom. The Balaban J connectivity index is 1.54. The molecule has 0 radical (unpaired) electrons. The maximum atomic E-state index is 14.5. The first-order chi connectivity index (χ1) is 21.8. The van der Waals surface area contributed by atoms with Gasteiger partial charge in [-0.3, -0.25) is 13.9 Å². The molecule has 234 valence electrons. The molecule has 1 aliphatic rings. The number of halogens is 1. The fourth-order valence-electron chi connectivity index (χ4n) is 5.76. The highest BCUT2D eigenvalue weighted by Crippen LogP contribution is 2.27. The largest absolute Gasteiger partial charge is 0.352 e. The molecule has 5 rings (SSSR count). The summed E-state index contributed by atoms with van der Waals surface area (Å²) in [6.07, 6.45) is 5.32. The zero-order valence-electron chi connectivity index (χ0n) is 25.1. The van der Waals surface area contributed by atoms with E-state index >= 15 is 0 Å². The number of benzene rings is 4. The molecule has 4 aromatic rings. The van der Waals surface area contributed by atoms with Gasteiger partial charge in [0.15, 0.2) is 0 Å². The molecule has 4 aromatic carbocycles. The normalized spacial score (nSPS) is 14.3. The molecule has 2 amide bonds. The minimum Gasteiger partial charge on any atom is -0.352 e. The molecular formula is C36H38ClN3O4S. The van der Waals surface area contributed by atoms with E-state index in [1.165, 1.54) is 23.1 Å². The van der Waals surface area contributed by atoms with Crippen molar-refractivity contribution in [2.75, 3.05) is 10.8 Å². The van der Waals surface area contributed by atoms with Gasteiger partial charge in [-0.15, -0.1) is 0 Å². The summed E-state index contributed by atoms with van der Waals surface area (Å²) >= 11 is 6.30. The smallest absolute Gasteiger partial charge is 0.264 e. The summed E-state index contributed by atoms with van der Waals surface area (Å²) in [5.74, 6) is -0.742. The highest BCUT2D eigenvalue weighted by atomic mass is 35.5. The van der Waals surface area contributed by atoms with Gasteiger partial charge in [0.05, 0.1) is 10.6 Å². The van der Waals surface area contributed by atoms with Crippen molar-refractivity contribution in [3.8, 4) is 0 Å². The molecule has 1 fully saturated rings. The lowest BCUT2D eigenvalue weighted by Crippen LogP contribution is -2.55. The SMILES string of the molecule is O=C(NC1CCCCC1)[C@@H](Cc1ccccc1)N(Cc1ccccc1)C(=O)CN(c1cccc(Cl)c1)S(=O)(=O)c1ccccc1. The monoisotopic (exact) mass is 643 g/mol. The van der Waals surface area contributed by atoms with Gasteiger partial charge in [-0.2, -0.15) is 0 Å². The van der Waals surface area contributed by atoms with E-state index in [9.17, 15) is 18.0 Å². The van der Waals surface area contributed by atoms with Crippen LogP contribution in [0.3, 0.4) is 0 Å².